The van der Waals surface area contributed by atoms with Crippen LogP contribution < -0.4 is 10.2 Å². The highest BCUT2D eigenvalue weighted by Crippen LogP contribution is 2.24. The normalized spacial score (nSPS) is 12.2. The molecular weight excluding hydrogens is 312 g/mol. The number of aliphatic hydroxyl groups excluding tert-OH is 2. The lowest BCUT2D eigenvalue weighted by molar-refractivity contribution is 0.0536. The molecule has 124 valence electrons. The Hall–Kier alpha value is -2.83. The maximum Gasteiger partial charge on any atom is 0.200 e. The van der Waals surface area contributed by atoms with Crippen LogP contribution in [0.1, 0.15) is 0 Å². The van der Waals surface area contributed by atoms with Crippen molar-refractivity contribution in [1.29, 1.82) is 0 Å². The number of hydrogen-bond acceptors (Lipinski definition) is 6. The van der Waals surface area contributed by atoms with Crippen molar-refractivity contribution in [1.82, 2.24) is 0 Å². The van der Waals surface area contributed by atoms with Crippen molar-refractivity contribution in [3.63, 3.8) is 0 Å². The highest BCUT2D eigenvalue weighted by atomic mass is 16.5. The molecule has 3 aromatic rings. The van der Waals surface area contributed by atoms with Gasteiger partial charge in [-0.3, -0.25) is 4.79 Å². The first kappa shape index (κ1) is 16.0. The van der Waals surface area contributed by atoms with Crippen molar-refractivity contribution < 1.29 is 24.5 Å². The van der Waals surface area contributed by atoms with Gasteiger partial charge in [-0.25, -0.2) is 0 Å². The third kappa shape index (κ3) is 3.24. The lowest BCUT2D eigenvalue weighted by atomic mass is 10.1. The fourth-order valence-corrected chi connectivity index (χ4v) is 2.28. The standard InChI is InChI=1S/C18H16O6/c19-8-13(21)9-23-14-5-6-15-17(7-14)24-10-16(18(15)22)11-1-3-12(20)4-2-11/h1-7,10,13,19-21H,8-9H2. The van der Waals surface area contributed by atoms with Crippen LogP contribution in [0.2, 0.25) is 0 Å². The van der Waals surface area contributed by atoms with Gasteiger partial charge in [-0.05, 0) is 29.8 Å². The van der Waals surface area contributed by atoms with Crippen LogP contribution in [0, 0.1) is 0 Å². The van der Waals surface area contributed by atoms with Gasteiger partial charge in [0.2, 0.25) is 0 Å². The minimum absolute atomic E-state index is 0.0577. The zero-order valence-corrected chi connectivity index (χ0v) is 12.7. The first-order chi connectivity index (χ1) is 11.6. The van der Waals surface area contributed by atoms with Crippen LogP contribution >= 0.6 is 0 Å². The van der Waals surface area contributed by atoms with E-state index < -0.39 is 12.7 Å². The van der Waals surface area contributed by atoms with Crippen LogP contribution in [0.15, 0.2) is 57.9 Å². The molecule has 3 N–H and O–H groups in total. The summed E-state index contributed by atoms with van der Waals surface area (Å²) < 4.78 is 10.9. The number of ether oxygens (including phenoxy) is 1. The van der Waals surface area contributed by atoms with Gasteiger partial charge in [0.25, 0.3) is 0 Å². The zero-order chi connectivity index (χ0) is 17.1. The van der Waals surface area contributed by atoms with Gasteiger partial charge in [0.15, 0.2) is 5.43 Å². The number of benzene rings is 2. The first-order valence-corrected chi connectivity index (χ1v) is 7.35. The van der Waals surface area contributed by atoms with Crippen LogP contribution in [0.5, 0.6) is 11.5 Å². The Labute approximate surface area is 137 Å². The van der Waals surface area contributed by atoms with E-state index in [0.717, 1.165) is 0 Å². The van der Waals surface area contributed by atoms with Crippen LogP contribution in [0.25, 0.3) is 22.1 Å². The fourth-order valence-electron chi connectivity index (χ4n) is 2.28. The molecule has 0 aliphatic heterocycles. The Morgan fingerprint density at radius 2 is 1.88 bits per heavy atom. The topological polar surface area (TPSA) is 100 Å². The summed E-state index contributed by atoms with van der Waals surface area (Å²) >= 11 is 0. The van der Waals surface area contributed by atoms with E-state index >= 15 is 0 Å². The largest absolute Gasteiger partial charge is 0.508 e. The second kappa shape index (κ2) is 6.74. The molecule has 0 bridgehead atoms. The quantitative estimate of drug-likeness (QED) is 0.661. The Morgan fingerprint density at radius 1 is 1.12 bits per heavy atom. The van der Waals surface area contributed by atoms with Crippen molar-refractivity contribution in [2.75, 3.05) is 13.2 Å². The predicted molar refractivity (Wildman–Crippen MR) is 88.2 cm³/mol. The van der Waals surface area contributed by atoms with Crippen molar-refractivity contribution >= 4 is 11.0 Å². The molecule has 0 fully saturated rings. The molecule has 24 heavy (non-hydrogen) atoms. The number of aromatic hydroxyl groups is 1. The predicted octanol–water partition coefficient (Wildman–Crippen LogP) is 1.90. The third-order valence-electron chi connectivity index (χ3n) is 3.58. The lowest BCUT2D eigenvalue weighted by Crippen LogP contribution is -2.21. The van der Waals surface area contributed by atoms with E-state index in [1.165, 1.54) is 18.4 Å². The number of phenolic OH excluding ortho intramolecular Hbond substituents is 1. The molecule has 1 atom stereocenters. The first-order valence-electron chi connectivity index (χ1n) is 7.35. The van der Waals surface area contributed by atoms with E-state index in [1.807, 2.05) is 0 Å². The van der Waals surface area contributed by atoms with Crippen LogP contribution in [0.3, 0.4) is 0 Å². The minimum atomic E-state index is -0.968. The number of phenols is 1. The summed E-state index contributed by atoms with van der Waals surface area (Å²) in [4.78, 5) is 12.6. The van der Waals surface area contributed by atoms with E-state index in [4.69, 9.17) is 14.3 Å². The fraction of sp³-hybridized carbons (Fsp3) is 0.167. The van der Waals surface area contributed by atoms with E-state index in [9.17, 15) is 15.0 Å². The number of aliphatic hydroxyl groups is 2. The second-order valence-electron chi connectivity index (χ2n) is 5.33. The van der Waals surface area contributed by atoms with E-state index in [1.54, 1.807) is 30.3 Å². The average molecular weight is 328 g/mol. The Bertz CT molecular complexity index is 898. The van der Waals surface area contributed by atoms with Crippen molar-refractivity contribution in [3.05, 3.63) is 59.0 Å². The van der Waals surface area contributed by atoms with Crippen molar-refractivity contribution in [3.8, 4) is 22.6 Å². The number of hydrogen-bond donors (Lipinski definition) is 3. The molecule has 0 aliphatic carbocycles. The van der Waals surface area contributed by atoms with Gasteiger partial charge in [0.1, 0.15) is 36.1 Å². The van der Waals surface area contributed by atoms with Gasteiger partial charge in [0, 0.05) is 6.07 Å². The molecule has 0 aliphatic rings. The molecule has 1 aromatic heterocycles. The molecule has 0 radical (unpaired) electrons. The summed E-state index contributed by atoms with van der Waals surface area (Å²) in [6.07, 6.45) is 0.396. The summed E-state index contributed by atoms with van der Waals surface area (Å²) in [5.74, 6) is 0.548. The van der Waals surface area contributed by atoms with E-state index in [-0.39, 0.29) is 17.8 Å². The van der Waals surface area contributed by atoms with E-state index in [0.29, 0.717) is 27.8 Å². The molecule has 6 nitrogen and oxygen atoms in total. The Kier molecular flexibility index (Phi) is 4.50. The SMILES string of the molecule is O=c1c(-c2ccc(O)cc2)coc2cc(OCC(O)CO)ccc12. The molecule has 3 rings (SSSR count). The zero-order valence-electron chi connectivity index (χ0n) is 12.7. The van der Waals surface area contributed by atoms with Gasteiger partial charge in [-0.2, -0.15) is 0 Å². The minimum Gasteiger partial charge on any atom is -0.508 e. The summed E-state index contributed by atoms with van der Waals surface area (Å²) in [6.45, 7) is -0.448. The molecule has 2 aromatic carbocycles. The van der Waals surface area contributed by atoms with Gasteiger partial charge >= 0.3 is 0 Å². The summed E-state index contributed by atoms with van der Waals surface area (Å²) in [5, 5.41) is 27.8. The van der Waals surface area contributed by atoms with Crippen LogP contribution in [-0.2, 0) is 0 Å². The molecule has 1 unspecified atom stereocenters. The van der Waals surface area contributed by atoms with Crippen molar-refractivity contribution in [2.24, 2.45) is 0 Å². The van der Waals surface area contributed by atoms with Crippen molar-refractivity contribution in [2.45, 2.75) is 6.10 Å². The van der Waals surface area contributed by atoms with Gasteiger partial charge in [0.05, 0.1) is 17.6 Å². The molecule has 0 amide bonds. The summed E-state index contributed by atoms with van der Waals surface area (Å²) in [7, 11) is 0. The Balaban J connectivity index is 1.95. The third-order valence-corrected chi connectivity index (χ3v) is 3.58. The maximum atomic E-state index is 12.6. The summed E-state index contributed by atoms with van der Waals surface area (Å²) in [5.41, 5.74) is 1.21. The van der Waals surface area contributed by atoms with Gasteiger partial charge in [-0.15, -0.1) is 0 Å². The highest BCUT2D eigenvalue weighted by Gasteiger charge is 2.11. The molecular formula is C18H16O6. The van der Waals surface area contributed by atoms with Gasteiger partial charge in [-0.1, -0.05) is 12.1 Å². The number of fused-ring (bicyclic) bond motifs is 1. The van der Waals surface area contributed by atoms with Crippen LogP contribution in [0.4, 0.5) is 0 Å². The lowest BCUT2D eigenvalue weighted by Gasteiger charge is -2.10. The molecule has 6 heteroatoms. The molecule has 1 heterocycles. The molecule has 0 spiro atoms. The average Bonchev–Trinajstić information content (AvgIpc) is 2.61. The highest BCUT2D eigenvalue weighted by molar-refractivity contribution is 5.82. The summed E-state index contributed by atoms with van der Waals surface area (Å²) in [6, 6.07) is 11.0. The smallest absolute Gasteiger partial charge is 0.200 e. The molecule has 0 saturated heterocycles. The van der Waals surface area contributed by atoms with Crippen LogP contribution in [-0.4, -0.2) is 34.6 Å². The second-order valence-corrected chi connectivity index (χ2v) is 5.33. The molecule has 0 saturated carbocycles. The van der Waals surface area contributed by atoms with E-state index in [2.05, 4.69) is 0 Å². The van der Waals surface area contributed by atoms with Gasteiger partial charge < -0.3 is 24.5 Å². The monoisotopic (exact) mass is 328 g/mol. The maximum absolute atomic E-state index is 12.6. The number of rotatable bonds is 5. The Morgan fingerprint density at radius 3 is 2.58 bits per heavy atom.